The Morgan fingerprint density at radius 2 is 1.83 bits per heavy atom. The van der Waals surface area contributed by atoms with Gasteiger partial charge in [-0.25, -0.2) is 0 Å². The van der Waals surface area contributed by atoms with E-state index in [0.717, 1.165) is 16.3 Å². The predicted molar refractivity (Wildman–Crippen MR) is 93.9 cm³/mol. The fourth-order valence-electron chi connectivity index (χ4n) is 2.43. The summed E-state index contributed by atoms with van der Waals surface area (Å²) in [5, 5.41) is 4.94. The third-order valence-electron chi connectivity index (χ3n) is 3.63. The zero-order valence-corrected chi connectivity index (χ0v) is 13.6. The fourth-order valence-corrected chi connectivity index (χ4v) is 2.43. The molecule has 2 rings (SSSR count). The predicted octanol–water partition coefficient (Wildman–Crippen LogP) is 2.84. The lowest BCUT2D eigenvalue weighted by atomic mass is 10.0. The largest absolute Gasteiger partial charge is 0.355 e. The summed E-state index contributed by atoms with van der Waals surface area (Å²) in [4.78, 5) is 25.4. The van der Waals surface area contributed by atoms with Crippen LogP contribution in [0.25, 0.3) is 16.8 Å². The Balaban J connectivity index is 2.14. The highest BCUT2D eigenvalue weighted by molar-refractivity contribution is 5.97. The second-order valence-electron chi connectivity index (χ2n) is 5.21. The zero-order chi connectivity index (χ0) is 16.7. The van der Waals surface area contributed by atoms with Crippen LogP contribution in [0.3, 0.4) is 0 Å². The molecule has 4 nitrogen and oxygen atoms in total. The molecule has 0 aromatic heterocycles. The third kappa shape index (κ3) is 4.42. The van der Waals surface area contributed by atoms with Crippen molar-refractivity contribution in [3.05, 3.63) is 54.1 Å². The van der Waals surface area contributed by atoms with Crippen molar-refractivity contribution in [3.8, 4) is 0 Å². The van der Waals surface area contributed by atoms with Gasteiger partial charge in [0.2, 0.25) is 11.8 Å². The number of hydrogen-bond acceptors (Lipinski definition) is 2. The normalized spacial score (nSPS) is 10.9. The fraction of sp³-hybridized carbons (Fsp3) is 0.263. The van der Waals surface area contributed by atoms with Gasteiger partial charge in [0, 0.05) is 19.2 Å². The van der Waals surface area contributed by atoms with Crippen molar-refractivity contribution in [1.29, 1.82) is 0 Å². The van der Waals surface area contributed by atoms with E-state index in [1.807, 2.05) is 62.4 Å². The second-order valence-corrected chi connectivity index (χ2v) is 5.21. The van der Waals surface area contributed by atoms with Gasteiger partial charge in [0.25, 0.3) is 0 Å². The summed E-state index contributed by atoms with van der Waals surface area (Å²) < 4.78 is 0. The van der Waals surface area contributed by atoms with Gasteiger partial charge < -0.3 is 10.2 Å². The number of nitrogens with zero attached hydrogens (tertiary/aromatic N) is 1. The SMILES string of the molecule is CCNC(=O)CN(CC)C(=O)/C=C/c1cccc2ccccc12. The lowest BCUT2D eigenvalue weighted by Crippen LogP contribution is -2.39. The molecular weight excluding hydrogens is 288 g/mol. The number of benzene rings is 2. The van der Waals surface area contributed by atoms with Gasteiger partial charge in [-0.1, -0.05) is 42.5 Å². The molecule has 0 fully saturated rings. The molecule has 0 aliphatic carbocycles. The molecule has 0 spiro atoms. The van der Waals surface area contributed by atoms with E-state index in [0.29, 0.717) is 13.1 Å². The summed E-state index contributed by atoms with van der Waals surface area (Å²) in [7, 11) is 0. The Kier molecular flexibility index (Phi) is 5.92. The highest BCUT2D eigenvalue weighted by Gasteiger charge is 2.12. The number of fused-ring (bicyclic) bond motifs is 1. The Bertz CT molecular complexity index is 717. The average molecular weight is 310 g/mol. The first-order valence-corrected chi connectivity index (χ1v) is 7.87. The summed E-state index contributed by atoms with van der Waals surface area (Å²) >= 11 is 0. The molecule has 0 heterocycles. The van der Waals surface area contributed by atoms with Crippen LogP contribution in [0, 0.1) is 0 Å². The van der Waals surface area contributed by atoms with Gasteiger partial charge in [0.15, 0.2) is 0 Å². The number of carbonyl (C=O) groups is 2. The van der Waals surface area contributed by atoms with Crippen molar-refractivity contribution >= 4 is 28.7 Å². The first kappa shape index (κ1) is 16.7. The highest BCUT2D eigenvalue weighted by Crippen LogP contribution is 2.19. The molecule has 23 heavy (non-hydrogen) atoms. The van der Waals surface area contributed by atoms with Crippen LogP contribution in [-0.4, -0.2) is 36.3 Å². The molecular formula is C19H22N2O2. The Labute approximate surface area is 136 Å². The summed E-state index contributed by atoms with van der Waals surface area (Å²) in [5.41, 5.74) is 0.991. The minimum absolute atomic E-state index is 0.0864. The second kappa shape index (κ2) is 8.13. The first-order chi connectivity index (χ1) is 11.2. The van der Waals surface area contributed by atoms with Crippen molar-refractivity contribution in [2.24, 2.45) is 0 Å². The molecule has 0 aliphatic rings. The molecule has 120 valence electrons. The van der Waals surface area contributed by atoms with Gasteiger partial charge >= 0.3 is 0 Å². The number of amides is 2. The van der Waals surface area contributed by atoms with E-state index in [2.05, 4.69) is 5.32 Å². The van der Waals surface area contributed by atoms with E-state index < -0.39 is 0 Å². The van der Waals surface area contributed by atoms with Crippen molar-refractivity contribution in [2.45, 2.75) is 13.8 Å². The minimum Gasteiger partial charge on any atom is -0.355 e. The molecule has 2 aromatic carbocycles. The van der Waals surface area contributed by atoms with E-state index in [9.17, 15) is 9.59 Å². The van der Waals surface area contributed by atoms with E-state index in [1.54, 1.807) is 0 Å². The minimum atomic E-state index is -0.160. The number of hydrogen-bond donors (Lipinski definition) is 1. The lowest BCUT2D eigenvalue weighted by Gasteiger charge is -2.18. The van der Waals surface area contributed by atoms with Crippen LogP contribution in [0.15, 0.2) is 48.5 Å². The van der Waals surface area contributed by atoms with Crippen molar-refractivity contribution in [1.82, 2.24) is 10.2 Å². The molecule has 0 aliphatic heterocycles. The molecule has 0 bridgehead atoms. The first-order valence-electron chi connectivity index (χ1n) is 7.87. The van der Waals surface area contributed by atoms with E-state index >= 15 is 0 Å². The number of nitrogens with one attached hydrogen (secondary N) is 1. The molecule has 4 heteroatoms. The van der Waals surface area contributed by atoms with Crippen LogP contribution in [0.5, 0.6) is 0 Å². The van der Waals surface area contributed by atoms with Crippen LogP contribution in [0.4, 0.5) is 0 Å². The molecule has 0 atom stereocenters. The summed E-state index contributed by atoms with van der Waals surface area (Å²) in [5.74, 6) is -0.298. The van der Waals surface area contributed by atoms with Crippen LogP contribution in [-0.2, 0) is 9.59 Å². The van der Waals surface area contributed by atoms with Crippen molar-refractivity contribution in [3.63, 3.8) is 0 Å². The van der Waals surface area contributed by atoms with Gasteiger partial charge in [-0.2, -0.15) is 0 Å². The van der Waals surface area contributed by atoms with Crippen LogP contribution in [0.1, 0.15) is 19.4 Å². The molecule has 0 radical (unpaired) electrons. The molecule has 2 aromatic rings. The summed E-state index contributed by atoms with van der Waals surface area (Å²) in [6.45, 7) is 4.87. The standard InChI is InChI=1S/C19H22N2O2/c1-3-20-18(22)14-21(4-2)19(23)13-12-16-10-7-9-15-8-5-6-11-17(15)16/h5-13H,3-4,14H2,1-2H3,(H,20,22)/b13-12+. The quantitative estimate of drug-likeness (QED) is 0.834. The highest BCUT2D eigenvalue weighted by atomic mass is 16.2. The molecule has 1 N–H and O–H groups in total. The summed E-state index contributed by atoms with van der Waals surface area (Å²) in [6, 6.07) is 14.0. The van der Waals surface area contributed by atoms with Gasteiger partial charge in [-0.05, 0) is 36.3 Å². The maximum absolute atomic E-state index is 12.3. The van der Waals surface area contributed by atoms with E-state index in [1.165, 1.54) is 11.0 Å². The molecule has 0 saturated carbocycles. The van der Waals surface area contributed by atoms with Crippen LogP contribution < -0.4 is 5.32 Å². The van der Waals surface area contributed by atoms with Crippen molar-refractivity contribution < 1.29 is 9.59 Å². The van der Waals surface area contributed by atoms with Gasteiger partial charge in [-0.3, -0.25) is 9.59 Å². The smallest absolute Gasteiger partial charge is 0.247 e. The van der Waals surface area contributed by atoms with Crippen molar-refractivity contribution in [2.75, 3.05) is 19.6 Å². The lowest BCUT2D eigenvalue weighted by molar-refractivity contribution is -0.132. The van der Waals surface area contributed by atoms with Gasteiger partial charge in [0.1, 0.15) is 0 Å². The Hall–Kier alpha value is -2.62. The number of rotatable bonds is 6. The number of carbonyl (C=O) groups excluding carboxylic acids is 2. The topological polar surface area (TPSA) is 49.4 Å². The van der Waals surface area contributed by atoms with Gasteiger partial charge in [0.05, 0.1) is 6.54 Å². The van der Waals surface area contributed by atoms with Crippen LogP contribution >= 0.6 is 0 Å². The van der Waals surface area contributed by atoms with E-state index in [-0.39, 0.29) is 18.4 Å². The molecule has 0 unspecified atom stereocenters. The summed E-state index contributed by atoms with van der Waals surface area (Å²) in [6.07, 6.45) is 3.34. The maximum atomic E-state index is 12.3. The third-order valence-corrected chi connectivity index (χ3v) is 3.63. The molecule has 2 amide bonds. The Morgan fingerprint density at radius 3 is 2.57 bits per heavy atom. The zero-order valence-electron chi connectivity index (χ0n) is 13.6. The molecule has 0 saturated heterocycles. The van der Waals surface area contributed by atoms with Gasteiger partial charge in [-0.15, -0.1) is 0 Å². The van der Waals surface area contributed by atoms with Crippen LogP contribution in [0.2, 0.25) is 0 Å². The average Bonchev–Trinajstić information content (AvgIpc) is 2.57. The van der Waals surface area contributed by atoms with E-state index in [4.69, 9.17) is 0 Å². The number of likely N-dealkylation sites (N-methyl/N-ethyl adjacent to an activating group) is 2. The Morgan fingerprint density at radius 1 is 1.09 bits per heavy atom. The maximum Gasteiger partial charge on any atom is 0.247 e. The monoisotopic (exact) mass is 310 g/mol.